The quantitative estimate of drug-likeness (QED) is 0.880. The summed E-state index contributed by atoms with van der Waals surface area (Å²) in [4.78, 5) is 23.4. The number of rotatable bonds is 4. The maximum Gasteiger partial charge on any atom is 0.234 e. The number of nitrogens with one attached hydrogen (secondary N) is 2. The number of hydrogen-bond donors (Lipinski definition) is 2. The topological polar surface area (TPSA) is 58.2 Å². The lowest BCUT2D eigenvalue weighted by atomic mass is 9.85. The van der Waals surface area contributed by atoms with Crippen molar-refractivity contribution in [2.45, 2.75) is 38.5 Å². The molecule has 20 heavy (non-hydrogen) atoms. The molecule has 1 saturated carbocycles. The SMILES string of the molecule is CC1(C)C(=O)Nc2ccc(CCNC(=O)C3CC3)cc21. The van der Waals surface area contributed by atoms with Crippen molar-refractivity contribution in [1.29, 1.82) is 0 Å². The van der Waals surface area contributed by atoms with Crippen LogP contribution < -0.4 is 10.6 Å². The van der Waals surface area contributed by atoms with Crippen LogP contribution in [0.1, 0.15) is 37.8 Å². The molecule has 4 heteroatoms. The first-order valence-corrected chi connectivity index (χ1v) is 7.21. The van der Waals surface area contributed by atoms with Gasteiger partial charge in [-0.3, -0.25) is 9.59 Å². The summed E-state index contributed by atoms with van der Waals surface area (Å²) >= 11 is 0. The van der Waals surface area contributed by atoms with Crippen LogP contribution in [0.2, 0.25) is 0 Å². The monoisotopic (exact) mass is 272 g/mol. The van der Waals surface area contributed by atoms with Gasteiger partial charge in [0, 0.05) is 18.2 Å². The molecule has 1 aromatic rings. The highest BCUT2D eigenvalue weighted by molar-refractivity contribution is 6.05. The van der Waals surface area contributed by atoms with E-state index in [9.17, 15) is 9.59 Å². The maximum absolute atomic E-state index is 11.9. The van der Waals surface area contributed by atoms with Gasteiger partial charge in [0.2, 0.25) is 11.8 Å². The molecule has 0 bridgehead atoms. The first-order chi connectivity index (χ1) is 9.48. The maximum atomic E-state index is 11.9. The molecule has 0 unspecified atom stereocenters. The molecule has 0 radical (unpaired) electrons. The summed E-state index contributed by atoms with van der Waals surface area (Å²) in [7, 11) is 0. The first-order valence-electron chi connectivity index (χ1n) is 7.21. The van der Waals surface area contributed by atoms with Crippen LogP contribution >= 0.6 is 0 Å². The minimum atomic E-state index is -0.470. The van der Waals surface area contributed by atoms with Gasteiger partial charge in [-0.1, -0.05) is 12.1 Å². The summed E-state index contributed by atoms with van der Waals surface area (Å²) in [6.45, 7) is 4.54. The highest BCUT2D eigenvalue weighted by atomic mass is 16.2. The second kappa shape index (κ2) is 4.62. The number of amides is 2. The predicted octanol–water partition coefficient (Wildman–Crippen LogP) is 1.98. The number of carbonyl (C=O) groups is 2. The molecule has 4 nitrogen and oxygen atoms in total. The number of benzene rings is 1. The molecule has 1 aliphatic heterocycles. The Morgan fingerprint density at radius 2 is 2.15 bits per heavy atom. The van der Waals surface area contributed by atoms with Gasteiger partial charge in [-0.15, -0.1) is 0 Å². The molecule has 2 amide bonds. The molecule has 0 atom stereocenters. The summed E-state index contributed by atoms with van der Waals surface area (Å²) in [6, 6.07) is 6.06. The minimum absolute atomic E-state index is 0.0479. The third kappa shape index (κ3) is 2.30. The van der Waals surface area contributed by atoms with Crippen LogP contribution in [0, 0.1) is 5.92 Å². The molecule has 106 valence electrons. The molecule has 1 fully saturated rings. The summed E-state index contributed by atoms with van der Waals surface area (Å²) in [5.74, 6) is 0.491. The third-order valence-electron chi connectivity index (χ3n) is 4.23. The Labute approximate surface area is 118 Å². The van der Waals surface area contributed by atoms with Crippen molar-refractivity contribution < 1.29 is 9.59 Å². The lowest BCUT2D eigenvalue weighted by Crippen LogP contribution is -2.27. The van der Waals surface area contributed by atoms with Gasteiger partial charge >= 0.3 is 0 Å². The Kier molecular flexibility index (Phi) is 3.04. The first kappa shape index (κ1) is 13.2. The molecule has 1 heterocycles. The molecule has 0 saturated heterocycles. The van der Waals surface area contributed by atoms with Gasteiger partial charge in [-0.05, 0) is 50.3 Å². The third-order valence-corrected chi connectivity index (χ3v) is 4.23. The van der Waals surface area contributed by atoms with Crippen LogP contribution in [0.25, 0.3) is 0 Å². The van der Waals surface area contributed by atoms with E-state index in [0.29, 0.717) is 6.54 Å². The Balaban J connectivity index is 1.65. The Bertz CT molecular complexity index is 574. The zero-order chi connectivity index (χ0) is 14.3. The number of anilines is 1. The van der Waals surface area contributed by atoms with E-state index in [4.69, 9.17) is 0 Å². The molecule has 3 rings (SSSR count). The Morgan fingerprint density at radius 3 is 2.85 bits per heavy atom. The van der Waals surface area contributed by atoms with Crippen molar-refractivity contribution in [2.75, 3.05) is 11.9 Å². The van der Waals surface area contributed by atoms with E-state index in [2.05, 4.69) is 16.7 Å². The zero-order valence-corrected chi connectivity index (χ0v) is 12.0. The molecule has 2 N–H and O–H groups in total. The average molecular weight is 272 g/mol. The van der Waals surface area contributed by atoms with E-state index in [1.165, 1.54) is 0 Å². The fraction of sp³-hybridized carbons (Fsp3) is 0.500. The van der Waals surface area contributed by atoms with Crippen molar-refractivity contribution in [1.82, 2.24) is 5.32 Å². The van der Waals surface area contributed by atoms with Gasteiger partial charge in [0.1, 0.15) is 0 Å². The number of fused-ring (bicyclic) bond motifs is 1. The standard InChI is InChI=1S/C16H20N2O2/c1-16(2)12-9-10(3-6-13(12)18-15(16)20)7-8-17-14(19)11-4-5-11/h3,6,9,11H,4-5,7-8H2,1-2H3,(H,17,19)(H,18,20). The van der Waals surface area contributed by atoms with Gasteiger partial charge in [0.25, 0.3) is 0 Å². The lowest BCUT2D eigenvalue weighted by Gasteiger charge is -2.16. The van der Waals surface area contributed by atoms with Gasteiger partial charge in [-0.25, -0.2) is 0 Å². The van der Waals surface area contributed by atoms with Crippen LogP contribution in [-0.4, -0.2) is 18.4 Å². The summed E-state index contributed by atoms with van der Waals surface area (Å²) in [6.07, 6.45) is 2.87. The van der Waals surface area contributed by atoms with Gasteiger partial charge in [-0.2, -0.15) is 0 Å². The normalized spacial score (nSPS) is 19.4. The fourth-order valence-corrected chi connectivity index (χ4v) is 2.59. The van der Waals surface area contributed by atoms with Crippen LogP contribution in [-0.2, 0) is 21.4 Å². The molecular formula is C16H20N2O2. The molecular weight excluding hydrogens is 252 g/mol. The van der Waals surface area contributed by atoms with Crippen molar-refractivity contribution in [2.24, 2.45) is 5.92 Å². The van der Waals surface area contributed by atoms with E-state index in [-0.39, 0.29) is 17.7 Å². The smallest absolute Gasteiger partial charge is 0.234 e. The van der Waals surface area contributed by atoms with Gasteiger partial charge in [0.05, 0.1) is 5.41 Å². The summed E-state index contributed by atoms with van der Waals surface area (Å²) in [5.41, 5.74) is 2.64. The van der Waals surface area contributed by atoms with Crippen LogP contribution in [0.4, 0.5) is 5.69 Å². The molecule has 0 aromatic heterocycles. The second-order valence-corrected chi connectivity index (χ2v) is 6.27. The molecule has 1 aliphatic carbocycles. The highest BCUT2D eigenvalue weighted by Gasteiger charge is 2.38. The van der Waals surface area contributed by atoms with Crippen molar-refractivity contribution in [3.63, 3.8) is 0 Å². The van der Waals surface area contributed by atoms with E-state index < -0.39 is 5.41 Å². The zero-order valence-electron chi connectivity index (χ0n) is 12.0. The van der Waals surface area contributed by atoms with Crippen LogP contribution in [0.5, 0.6) is 0 Å². The number of carbonyl (C=O) groups excluding carboxylic acids is 2. The van der Waals surface area contributed by atoms with Gasteiger partial charge < -0.3 is 10.6 Å². The van der Waals surface area contributed by atoms with Crippen molar-refractivity contribution in [3.8, 4) is 0 Å². The fourth-order valence-electron chi connectivity index (χ4n) is 2.59. The second-order valence-electron chi connectivity index (χ2n) is 6.27. The van der Waals surface area contributed by atoms with Crippen molar-refractivity contribution >= 4 is 17.5 Å². The van der Waals surface area contributed by atoms with Gasteiger partial charge in [0.15, 0.2) is 0 Å². The lowest BCUT2D eigenvalue weighted by molar-refractivity contribution is -0.122. The van der Waals surface area contributed by atoms with Crippen LogP contribution in [0.15, 0.2) is 18.2 Å². The highest BCUT2D eigenvalue weighted by Crippen LogP contribution is 2.37. The Hall–Kier alpha value is -1.84. The predicted molar refractivity (Wildman–Crippen MR) is 77.5 cm³/mol. The molecule has 1 aromatic carbocycles. The molecule has 2 aliphatic rings. The van der Waals surface area contributed by atoms with E-state index in [1.807, 2.05) is 26.0 Å². The summed E-state index contributed by atoms with van der Waals surface area (Å²) < 4.78 is 0. The minimum Gasteiger partial charge on any atom is -0.356 e. The largest absolute Gasteiger partial charge is 0.356 e. The van der Waals surface area contributed by atoms with E-state index >= 15 is 0 Å². The molecule has 0 spiro atoms. The summed E-state index contributed by atoms with van der Waals surface area (Å²) in [5, 5.41) is 5.87. The van der Waals surface area contributed by atoms with E-state index in [1.54, 1.807) is 0 Å². The van der Waals surface area contributed by atoms with E-state index in [0.717, 1.165) is 36.1 Å². The van der Waals surface area contributed by atoms with Crippen molar-refractivity contribution in [3.05, 3.63) is 29.3 Å². The Morgan fingerprint density at radius 1 is 1.40 bits per heavy atom. The van der Waals surface area contributed by atoms with Crippen LogP contribution in [0.3, 0.4) is 0 Å². The number of hydrogen-bond acceptors (Lipinski definition) is 2. The average Bonchev–Trinajstić information content (AvgIpc) is 3.21.